The summed E-state index contributed by atoms with van der Waals surface area (Å²) >= 11 is 0. The molecule has 0 saturated carbocycles. The Bertz CT molecular complexity index is 963. The molecule has 0 aliphatic heterocycles. The molecule has 0 radical (unpaired) electrons. The normalized spacial score (nSPS) is 10.7. The molecular weight excluding hydrogens is 342 g/mol. The summed E-state index contributed by atoms with van der Waals surface area (Å²) in [6.07, 6.45) is 2.54. The Morgan fingerprint density at radius 3 is 2.70 bits per heavy atom. The molecule has 0 aliphatic carbocycles. The highest BCUT2D eigenvalue weighted by molar-refractivity contribution is 5.82. The molecule has 0 unspecified atom stereocenters. The summed E-state index contributed by atoms with van der Waals surface area (Å²) in [5, 5.41) is 3.73. The molecule has 1 heterocycles. The fraction of sp³-hybridized carbons (Fsp3) is 0.273. The smallest absolute Gasteiger partial charge is 0.336 e. The average Bonchev–Trinajstić information content (AvgIpc) is 2.69. The maximum absolute atomic E-state index is 11.9. The first-order valence-corrected chi connectivity index (χ1v) is 9.16. The second-order valence-corrected chi connectivity index (χ2v) is 6.33. The number of amides is 1. The molecule has 140 valence electrons. The zero-order valence-electron chi connectivity index (χ0n) is 15.4. The van der Waals surface area contributed by atoms with Gasteiger partial charge < -0.3 is 14.5 Å². The van der Waals surface area contributed by atoms with Crippen molar-refractivity contribution in [2.75, 3.05) is 13.2 Å². The van der Waals surface area contributed by atoms with Crippen LogP contribution in [0.4, 0.5) is 0 Å². The van der Waals surface area contributed by atoms with Crippen LogP contribution < -0.4 is 15.7 Å². The fourth-order valence-electron chi connectivity index (χ4n) is 2.96. The lowest BCUT2D eigenvalue weighted by Gasteiger charge is -2.09. The summed E-state index contributed by atoms with van der Waals surface area (Å²) in [4.78, 5) is 23.6. The van der Waals surface area contributed by atoms with Gasteiger partial charge >= 0.3 is 5.63 Å². The van der Waals surface area contributed by atoms with Gasteiger partial charge in [-0.05, 0) is 42.5 Å². The Balaban J connectivity index is 1.49. The molecule has 5 nitrogen and oxygen atoms in total. The fourth-order valence-corrected chi connectivity index (χ4v) is 2.96. The molecule has 5 heteroatoms. The molecular formula is C22H23NO4. The van der Waals surface area contributed by atoms with Crippen LogP contribution in [0.15, 0.2) is 63.8 Å². The predicted molar refractivity (Wildman–Crippen MR) is 105 cm³/mol. The van der Waals surface area contributed by atoms with Crippen molar-refractivity contribution in [1.29, 1.82) is 0 Å². The molecule has 0 atom stereocenters. The molecule has 0 bridgehead atoms. The number of hydrogen-bond donors (Lipinski definition) is 1. The first-order chi connectivity index (χ1) is 13.2. The molecule has 3 aromatic rings. The van der Waals surface area contributed by atoms with Crippen LogP contribution in [0.1, 0.15) is 24.5 Å². The van der Waals surface area contributed by atoms with Crippen molar-refractivity contribution in [3.63, 3.8) is 0 Å². The summed E-state index contributed by atoms with van der Waals surface area (Å²) in [5.41, 5.74) is 2.28. The van der Waals surface area contributed by atoms with Gasteiger partial charge in [0.1, 0.15) is 11.3 Å². The van der Waals surface area contributed by atoms with Crippen LogP contribution in [0.3, 0.4) is 0 Å². The molecule has 1 N–H and O–H groups in total. The Morgan fingerprint density at radius 1 is 1.11 bits per heavy atom. The van der Waals surface area contributed by atoms with Gasteiger partial charge in [0.15, 0.2) is 6.61 Å². The highest BCUT2D eigenvalue weighted by atomic mass is 16.5. The SMILES string of the molecule is CCc1cc(=O)oc2cc(OCC(=O)NCCCc3ccccc3)ccc12. The van der Waals surface area contributed by atoms with Gasteiger partial charge in [0.2, 0.25) is 0 Å². The number of nitrogens with one attached hydrogen (secondary N) is 1. The van der Waals surface area contributed by atoms with E-state index in [-0.39, 0.29) is 18.1 Å². The lowest BCUT2D eigenvalue weighted by molar-refractivity contribution is -0.123. The van der Waals surface area contributed by atoms with Crippen LogP contribution in [0, 0.1) is 0 Å². The Morgan fingerprint density at radius 2 is 1.93 bits per heavy atom. The maximum atomic E-state index is 11.9. The van der Waals surface area contributed by atoms with Crippen LogP contribution in [0.5, 0.6) is 5.75 Å². The topological polar surface area (TPSA) is 68.5 Å². The van der Waals surface area contributed by atoms with Crippen LogP contribution >= 0.6 is 0 Å². The van der Waals surface area contributed by atoms with Crippen LogP contribution in [0.25, 0.3) is 11.0 Å². The molecule has 27 heavy (non-hydrogen) atoms. The standard InChI is InChI=1S/C22H23NO4/c1-2-17-13-22(25)27-20-14-18(10-11-19(17)20)26-15-21(24)23-12-6-9-16-7-4-3-5-8-16/h3-5,7-8,10-11,13-14H,2,6,9,12,15H2,1H3,(H,23,24). The summed E-state index contributed by atoms with van der Waals surface area (Å²) in [6, 6.07) is 17.0. The van der Waals surface area contributed by atoms with Crippen molar-refractivity contribution in [2.24, 2.45) is 0 Å². The lowest BCUT2D eigenvalue weighted by Crippen LogP contribution is -2.29. The molecule has 3 rings (SSSR count). The van der Waals surface area contributed by atoms with Crippen LogP contribution in [-0.4, -0.2) is 19.1 Å². The van der Waals surface area contributed by atoms with Crippen molar-refractivity contribution in [2.45, 2.75) is 26.2 Å². The summed E-state index contributed by atoms with van der Waals surface area (Å²) in [6.45, 7) is 2.51. The van der Waals surface area contributed by atoms with Gasteiger partial charge in [-0.25, -0.2) is 4.79 Å². The number of ether oxygens (including phenoxy) is 1. The predicted octanol–water partition coefficient (Wildman–Crippen LogP) is 3.48. The van der Waals surface area contributed by atoms with Gasteiger partial charge in [0.05, 0.1) is 0 Å². The van der Waals surface area contributed by atoms with Gasteiger partial charge in [-0.15, -0.1) is 0 Å². The lowest BCUT2D eigenvalue weighted by atomic mass is 10.1. The number of benzene rings is 2. The summed E-state index contributed by atoms with van der Waals surface area (Å²) < 4.78 is 10.8. The number of fused-ring (bicyclic) bond motifs is 1. The van der Waals surface area contributed by atoms with E-state index in [1.165, 1.54) is 11.6 Å². The van der Waals surface area contributed by atoms with Gasteiger partial charge in [-0.1, -0.05) is 37.3 Å². The van der Waals surface area contributed by atoms with E-state index in [1.54, 1.807) is 12.1 Å². The Labute approximate surface area is 158 Å². The van der Waals surface area contributed by atoms with E-state index in [9.17, 15) is 9.59 Å². The van der Waals surface area contributed by atoms with E-state index < -0.39 is 0 Å². The average molecular weight is 365 g/mol. The third-order valence-electron chi connectivity index (χ3n) is 4.36. The van der Waals surface area contributed by atoms with E-state index >= 15 is 0 Å². The third kappa shape index (κ3) is 5.20. The van der Waals surface area contributed by atoms with Crippen molar-refractivity contribution < 1.29 is 13.9 Å². The van der Waals surface area contributed by atoms with Crippen LogP contribution in [-0.2, 0) is 17.6 Å². The number of carbonyl (C=O) groups is 1. The summed E-state index contributed by atoms with van der Waals surface area (Å²) in [5.74, 6) is 0.324. The van der Waals surface area contributed by atoms with Gasteiger partial charge in [0, 0.05) is 24.1 Å². The first kappa shape index (κ1) is 18.7. The van der Waals surface area contributed by atoms with E-state index in [1.807, 2.05) is 31.2 Å². The zero-order valence-corrected chi connectivity index (χ0v) is 15.4. The molecule has 2 aromatic carbocycles. The molecule has 0 spiro atoms. The second-order valence-electron chi connectivity index (χ2n) is 6.33. The quantitative estimate of drug-likeness (QED) is 0.490. The maximum Gasteiger partial charge on any atom is 0.336 e. The molecule has 0 aliphatic rings. The van der Waals surface area contributed by atoms with Gasteiger partial charge in [-0.2, -0.15) is 0 Å². The van der Waals surface area contributed by atoms with E-state index in [0.717, 1.165) is 30.2 Å². The molecule has 0 saturated heterocycles. The van der Waals surface area contributed by atoms with Crippen molar-refractivity contribution in [1.82, 2.24) is 5.32 Å². The monoisotopic (exact) mass is 365 g/mol. The number of aryl methyl sites for hydroxylation is 2. The minimum absolute atomic E-state index is 0.0749. The van der Waals surface area contributed by atoms with E-state index in [0.29, 0.717) is 17.9 Å². The van der Waals surface area contributed by atoms with Crippen molar-refractivity contribution in [3.8, 4) is 5.75 Å². The van der Waals surface area contributed by atoms with Crippen molar-refractivity contribution >= 4 is 16.9 Å². The van der Waals surface area contributed by atoms with Crippen molar-refractivity contribution in [3.05, 3.63) is 76.1 Å². The Hall–Kier alpha value is -3.08. The highest BCUT2D eigenvalue weighted by Crippen LogP contribution is 2.22. The zero-order chi connectivity index (χ0) is 19.1. The first-order valence-electron chi connectivity index (χ1n) is 9.16. The second kappa shape index (κ2) is 9.03. The molecule has 0 fully saturated rings. The van der Waals surface area contributed by atoms with Crippen LogP contribution in [0.2, 0.25) is 0 Å². The minimum Gasteiger partial charge on any atom is -0.484 e. The minimum atomic E-state index is -0.382. The van der Waals surface area contributed by atoms with E-state index in [2.05, 4.69) is 17.4 Å². The largest absolute Gasteiger partial charge is 0.484 e. The third-order valence-corrected chi connectivity index (χ3v) is 4.36. The highest BCUT2D eigenvalue weighted by Gasteiger charge is 2.07. The number of rotatable bonds is 8. The molecule has 1 amide bonds. The van der Waals surface area contributed by atoms with Gasteiger partial charge in [0.25, 0.3) is 5.91 Å². The number of hydrogen-bond acceptors (Lipinski definition) is 4. The van der Waals surface area contributed by atoms with E-state index in [4.69, 9.17) is 9.15 Å². The Kier molecular flexibility index (Phi) is 6.26. The summed E-state index contributed by atoms with van der Waals surface area (Å²) in [7, 11) is 0. The molecule has 1 aromatic heterocycles. The number of carbonyl (C=O) groups excluding carboxylic acids is 1. The van der Waals surface area contributed by atoms with Gasteiger partial charge in [-0.3, -0.25) is 4.79 Å².